The molecule has 1 aliphatic rings. The van der Waals surface area contributed by atoms with Crippen LogP contribution in [0.5, 0.6) is 0 Å². The molecule has 0 saturated heterocycles. The van der Waals surface area contributed by atoms with E-state index in [2.05, 4.69) is 20.8 Å². The van der Waals surface area contributed by atoms with Gasteiger partial charge in [0.1, 0.15) is 0 Å². The van der Waals surface area contributed by atoms with Crippen LogP contribution in [-0.2, 0) is 0 Å². The summed E-state index contributed by atoms with van der Waals surface area (Å²) in [6.45, 7) is 1.93. The SMILES string of the molecule is Cc1cc2c(nn1)Nc1ccccc1N2. The molecule has 0 amide bonds. The molecule has 1 aliphatic heterocycles. The first-order chi connectivity index (χ1) is 7.33. The molecule has 2 heterocycles. The molecule has 0 unspecified atom stereocenters. The van der Waals surface area contributed by atoms with Gasteiger partial charge in [-0.1, -0.05) is 12.1 Å². The van der Waals surface area contributed by atoms with Gasteiger partial charge in [0.15, 0.2) is 5.82 Å². The van der Waals surface area contributed by atoms with Gasteiger partial charge in [0, 0.05) is 0 Å². The van der Waals surface area contributed by atoms with E-state index in [-0.39, 0.29) is 0 Å². The van der Waals surface area contributed by atoms with Gasteiger partial charge in [-0.2, -0.15) is 5.10 Å². The number of hydrogen-bond donors (Lipinski definition) is 2. The quantitative estimate of drug-likeness (QED) is 0.583. The second-order valence-electron chi connectivity index (χ2n) is 3.54. The monoisotopic (exact) mass is 198 g/mol. The second-order valence-corrected chi connectivity index (χ2v) is 3.54. The largest absolute Gasteiger partial charge is 0.351 e. The van der Waals surface area contributed by atoms with Crippen LogP contribution in [0.4, 0.5) is 22.9 Å². The molecule has 4 nitrogen and oxygen atoms in total. The Morgan fingerprint density at radius 1 is 0.933 bits per heavy atom. The van der Waals surface area contributed by atoms with E-state index in [1.54, 1.807) is 0 Å². The van der Waals surface area contributed by atoms with Crippen LogP contribution in [0.1, 0.15) is 5.69 Å². The first-order valence-electron chi connectivity index (χ1n) is 4.80. The number of nitrogens with zero attached hydrogens (tertiary/aromatic N) is 2. The highest BCUT2D eigenvalue weighted by Gasteiger charge is 2.14. The predicted octanol–water partition coefficient (Wildman–Crippen LogP) is 2.59. The number of hydrogen-bond acceptors (Lipinski definition) is 4. The summed E-state index contributed by atoms with van der Waals surface area (Å²) in [5, 5.41) is 14.7. The van der Waals surface area contributed by atoms with Crippen molar-refractivity contribution in [2.24, 2.45) is 0 Å². The molecule has 0 aliphatic carbocycles. The Kier molecular flexibility index (Phi) is 1.62. The van der Waals surface area contributed by atoms with Gasteiger partial charge in [0.05, 0.1) is 22.8 Å². The van der Waals surface area contributed by atoms with Gasteiger partial charge in [-0.25, -0.2) is 0 Å². The highest BCUT2D eigenvalue weighted by Crippen LogP contribution is 2.36. The minimum Gasteiger partial charge on any atom is -0.351 e. The molecular formula is C11H10N4. The van der Waals surface area contributed by atoms with Crippen LogP contribution in [0.3, 0.4) is 0 Å². The van der Waals surface area contributed by atoms with Crippen molar-refractivity contribution in [3.8, 4) is 0 Å². The molecule has 1 aromatic heterocycles. The number of aryl methyl sites for hydroxylation is 1. The van der Waals surface area contributed by atoms with Crippen molar-refractivity contribution in [3.05, 3.63) is 36.0 Å². The van der Waals surface area contributed by atoms with Gasteiger partial charge in [-0.15, -0.1) is 5.10 Å². The Hall–Kier alpha value is -2.10. The summed E-state index contributed by atoms with van der Waals surface area (Å²) in [5.74, 6) is 0.777. The minimum absolute atomic E-state index is 0.777. The number of anilines is 4. The fourth-order valence-corrected chi connectivity index (χ4v) is 1.65. The standard InChI is InChI=1S/C11H10N4/c1-7-6-10-11(15-14-7)13-9-5-3-2-4-8(9)12-10/h2-6,12H,1H3,(H,13,15). The predicted molar refractivity (Wildman–Crippen MR) is 59.8 cm³/mol. The highest BCUT2D eigenvalue weighted by molar-refractivity contribution is 5.87. The summed E-state index contributed by atoms with van der Waals surface area (Å²) < 4.78 is 0. The van der Waals surface area contributed by atoms with Crippen molar-refractivity contribution in [2.45, 2.75) is 6.92 Å². The number of rotatable bonds is 0. The average molecular weight is 198 g/mol. The Morgan fingerprint density at radius 2 is 1.67 bits per heavy atom. The van der Waals surface area contributed by atoms with Crippen LogP contribution in [0.15, 0.2) is 30.3 Å². The van der Waals surface area contributed by atoms with Gasteiger partial charge in [0.2, 0.25) is 0 Å². The van der Waals surface area contributed by atoms with Gasteiger partial charge < -0.3 is 10.6 Å². The molecule has 0 radical (unpaired) electrons. The molecule has 3 rings (SSSR count). The van der Waals surface area contributed by atoms with Gasteiger partial charge in [0.25, 0.3) is 0 Å². The van der Waals surface area contributed by atoms with E-state index < -0.39 is 0 Å². The third-order valence-corrected chi connectivity index (χ3v) is 2.37. The maximum absolute atomic E-state index is 4.09. The summed E-state index contributed by atoms with van der Waals surface area (Å²) in [4.78, 5) is 0. The van der Waals surface area contributed by atoms with Crippen LogP contribution in [-0.4, -0.2) is 10.2 Å². The van der Waals surface area contributed by atoms with Gasteiger partial charge >= 0.3 is 0 Å². The van der Waals surface area contributed by atoms with Crippen LogP contribution in [0.2, 0.25) is 0 Å². The zero-order chi connectivity index (χ0) is 10.3. The van der Waals surface area contributed by atoms with Crippen molar-refractivity contribution in [1.29, 1.82) is 0 Å². The number of aromatic nitrogens is 2. The Balaban J connectivity index is 2.11. The molecule has 0 spiro atoms. The van der Waals surface area contributed by atoms with Crippen LogP contribution < -0.4 is 10.6 Å². The third kappa shape index (κ3) is 1.30. The molecule has 15 heavy (non-hydrogen) atoms. The molecule has 0 fully saturated rings. The first-order valence-corrected chi connectivity index (χ1v) is 4.80. The topological polar surface area (TPSA) is 49.8 Å². The fourth-order valence-electron chi connectivity index (χ4n) is 1.65. The van der Waals surface area contributed by atoms with Crippen LogP contribution in [0.25, 0.3) is 0 Å². The van der Waals surface area contributed by atoms with Gasteiger partial charge in [-0.05, 0) is 25.1 Å². The summed E-state index contributed by atoms with van der Waals surface area (Å²) in [7, 11) is 0. The molecular weight excluding hydrogens is 188 g/mol. The van der Waals surface area contributed by atoms with Gasteiger partial charge in [-0.3, -0.25) is 0 Å². The Labute approximate surface area is 87.4 Å². The van der Waals surface area contributed by atoms with E-state index in [0.717, 1.165) is 28.6 Å². The van der Waals surface area contributed by atoms with Crippen molar-refractivity contribution in [1.82, 2.24) is 10.2 Å². The fraction of sp³-hybridized carbons (Fsp3) is 0.0909. The molecule has 2 aromatic rings. The summed E-state index contributed by atoms with van der Waals surface area (Å²) in [5.41, 5.74) is 3.98. The summed E-state index contributed by atoms with van der Waals surface area (Å²) in [6.07, 6.45) is 0. The lowest BCUT2D eigenvalue weighted by Gasteiger charge is -2.21. The first kappa shape index (κ1) is 8.23. The molecule has 0 saturated carbocycles. The van der Waals surface area contributed by atoms with E-state index in [1.807, 2.05) is 37.3 Å². The molecule has 0 atom stereocenters. The maximum atomic E-state index is 4.09. The normalized spacial score (nSPS) is 12.1. The number of para-hydroxylation sites is 2. The van der Waals surface area contributed by atoms with Crippen molar-refractivity contribution in [2.75, 3.05) is 10.6 Å². The lowest BCUT2D eigenvalue weighted by molar-refractivity contribution is 0.985. The molecule has 1 aromatic carbocycles. The minimum atomic E-state index is 0.777. The number of benzene rings is 1. The summed E-state index contributed by atoms with van der Waals surface area (Å²) >= 11 is 0. The average Bonchev–Trinajstić information content (AvgIpc) is 2.26. The van der Waals surface area contributed by atoms with Crippen molar-refractivity contribution < 1.29 is 0 Å². The second kappa shape index (κ2) is 2.95. The molecule has 4 heteroatoms. The van der Waals surface area contributed by atoms with Crippen LogP contribution >= 0.6 is 0 Å². The maximum Gasteiger partial charge on any atom is 0.176 e. The van der Waals surface area contributed by atoms with E-state index >= 15 is 0 Å². The number of fused-ring (bicyclic) bond motifs is 2. The number of nitrogens with one attached hydrogen (secondary N) is 2. The Bertz CT molecular complexity index is 522. The zero-order valence-corrected chi connectivity index (χ0v) is 8.28. The lowest BCUT2D eigenvalue weighted by Crippen LogP contribution is -2.09. The highest BCUT2D eigenvalue weighted by atomic mass is 15.2. The van der Waals surface area contributed by atoms with E-state index in [1.165, 1.54) is 0 Å². The summed E-state index contributed by atoms with van der Waals surface area (Å²) in [6, 6.07) is 10.00. The molecule has 74 valence electrons. The molecule has 0 bridgehead atoms. The van der Waals surface area contributed by atoms with E-state index in [4.69, 9.17) is 0 Å². The zero-order valence-electron chi connectivity index (χ0n) is 8.28. The Morgan fingerprint density at radius 3 is 2.47 bits per heavy atom. The van der Waals surface area contributed by atoms with Crippen molar-refractivity contribution in [3.63, 3.8) is 0 Å². The third-order valence-electron chi connectivity index (χ3n) is 2.37. The van der Waals surface area contributed by atoms with E-state index in [0.29, 0.717) is 0 Å². The molecule has 2 N–H and O–H groups in total. The smallest absolute Gasteiger partial charge is 0.176 e. The van der Waals surface area contributed by atoms with Crippen molar-refractivity contribution >= 4 is 22.9 Å². The van der Waals surface area contributed by atoms with E-state index in [9.17, 15) is 0 Å². The van der Waals surface area contributed by atoms with Crippen LogP contribution in [0, 0.1) is 6.92 Å². The lowest BCUT2D eigenvalue weighted by atomic mass is 10.2.